The topological polar surface area (TPSA) is 121 Å². The molecule has 178 valence electrons. The summed E-state index contributed by atoms with van der Waals surface area (Å²) < 4.78 is 44.6. The van der Waals surface area contributed by atoms with Crippen LogP contribution in [0.5, 0.6) is 5.88 Å². The van der Waals surface area contributed by atoms with Crippen molar-refractivity contribution >= 4 is 34.1 Å². The number of rotatable bonds is 3. The Labute approximate surface area is 193 Å². The van der Waals surface area contributed by atoms with Crippen LogP contribution >= 0.6 is 0 Å². The highest BCUT2D eigenvalue weighted by Crippen LogP contribution is 2.40. The lowest BCUT2D eigenvalue weighted by molar-refractivity contribution is 0.0688. The maximum atomic E-state index is 15.3. The van der Waals surface area contributed by atoms with Gasteiger partial charge in [-0.15, -0.1) is 0 Å². The number of fused-ring (bicyclic) bond motifs is 2. The normalized spacial score (nSPS) is 21.5. The van der Waals surface area contributed by atoms with Gasteiger partial charge in [0.1, 0.15) is 17.6 Å². The molecule has 0 spiro atoms. The Morgan fingerprint density at radius 3 is 2.85 bits per heavy atom. The number of hydrogen-bond donors (Lipinski definition) is 3. The molecule has 11 heteroatoms. The number of nitrogens with zero attached hydrogens (tertiary/aromatic N) is 2. The molecule has 2 aliphatic heterocycles. The summed E-state index contributed by atoms with van der Waals surface area (Å²) in [5.74, 6) is -0.185. The highest BCUT2D eigenvalue weighted by atomic mass is 19.1. The Kier molecular flexibility index (Phi) is 5.56. The molecule has 0 bridgehead atoms. The van der Waals surface area contributed by atoms with E-state index < -0.39 is 18.3 Å². The average Bonchev–Trinajstić information content (AvgIpc) is 3.20. The maximum absolute atomic E-state index is 15.3. The smallest absolute Gasteiger partial charge is 0.413 e. The van der Waals surface area contributed by atoms with E-state index in [9.17, 15) is 9.18 Å². The lowest BCUT2D eigenvalue weighted by Crippen LogP contribution is -2.27. The number of ether oxygens (including phenoxy) is 3. The molecule has 3 atom stereocenters. The number of aromatic nitrogens is 2. The van der Waals surface area contributed by atoms with Gasteiger partial charge in [-0.05, 0) is 30.0 Å². The van der Waals surface area contributed by atoms with Gasteiger partial charge in [-0.25, -0.2) is 19.2 Å². The van der Waals surface area contributed by atoms with Crippen LogP contribution in [0.1, 0.15) is 12.5 Å². The predicted octanol–water partition coefficient (Wildman–Crippen LogP) is 4.01. The van der Waals surface area contributed by atoms with Gasteiger partial charge in [0.15, 0.2) is 5.82 Å². The van der Waals surface area contributed by atoms with Gasteiger partial charge in [-0.1, -0.05) is 6.92 Å². The van der Waals surface area contributed by atoms with E-state index in [1.807, 2.05) is 6.92 Å². The van der Waals surface area contributed by atoms with Crippen LogP contribution in [0.4, 0.5) is 30.8 Å². The summed E-state index contributed by atoms with van der Waals surface area (Å²) in [6, 6.07) is 3.19. The Bertz CT molecular complexity index is 1290. The minimum absolute atomic E-state index is 0.0378. The molecule has 34 heavy (non-hydrogen) atoms. The summed E-state index contributed by atoms with van der Waals surface area (Å²) in [5, 5.41) is 6.47. The van der Waals surface area contributed by atoms with Gasteiger partial charge in [0.25, 0.3) is 6.36 Å². The minimum Gasteiger partial charge on any atom is -0.443 e. The van der Waals surface area contributed by atoms with Crippen molar-refractivity contribution in [3.8, 4) is 17.0 Å². The molecule has 2 aliphatic rings. The zero-order valence-corrected chi connectivity index (χ0v) is 18.5. The van der Waals surface area contributed by atoms with Gasteiger partial charge in [-0.3, -0.25) is 5.32 Å². The van der Waals surface area contributed by atoms with Crippen molar-refractivity contribution < 1.29 is 27.8 Å². The first-order valence-corrected chi connectivity index (χ1v) is 10.8. The van der Waals surface area contributed by atoms with E-state index in [-0.39, 0.29) is 41.5 Å². The van der Waals surface area contributed by atoms with Gasteiger partial charge >= 0.3 is 6.09 Å². The number of alkyl halides is 1. The molecule has 1 fully saturated rings. The van der Waals surface area contributed by atoms with Crippen LogP contribution in [0.15, 0.2) is 24.5 Å². The van der Waals surface area contributed by atoms with Crippen LogP contribution in [0.2, 0.25) is 0 Å². The number of nitrogens with one attached hydrogen (secondary N) is 2. The molecule has 3 aromatic rings. The summed E-state index contributed by atoms with van der Waals surface area (Å²) in [6.45, 7) is 4.54. The van der Waals surface area contributed by atoms with E-state index in [0.717, 1.165) is 0 Å². The van der Waals surface area contributed by atoms with Gasteiger partial charge in [-0.2, -0.15) is 4.39 Å². The second-order valence-corrected chi connectivity index (χ2v) is 8.41. The molecular weight excluding hydrogens is 448 g/mol. The zero-order valence-electron chi connectivity index (χ0n) is 18.5. The summed E-state index contributed by atoms with van der Waals surface area (Å²) >= 11 is 0. The maximum Gasteiger partial charge on any atom is 0.413 e. The first kappa shape index (κ1) is 22.1. The first-order chi connectivity index (χ1) is 16.3. The number of amides is 1. The third-order valence-corrected chi connectivity index (χ3v) is 6.06. The van der Waals surface area contributed by atoms with Crippen molar-refractivity contribution in [1.29, 1.82) is 0 Å². The van der Waals surface area contributed by atoms with Crippen LogP contribution in [0.25, 0.3) is 21.9 Å². The van der Waals surface area contributed by atoms with Gasteiger partial charge in [0.2, 0.25) is 5.88 Å². The van der Waals surface area contributed by atoms with Crippen molar-refractivity contribution in [2.45, 2.75) is 26.3 Å². The summed E-state index contributed by atoms with van der Waals surface area (Å²) in [5.41, 5.74) is 7.81. The lowest BCUT2D eigenvalue weighted by atomic mass is 9.97. The third kappa shape index (κ3) is 3.92. The molecule has 5 rings (SSSR count). The number of benzene rings is 1. The highest BCUT2D eigenvalue weighted by Gasteiger charge is 2.28. The molecule has 0 aliphatic carbocycles. The highest BCUT2D eigenvalue weighted by molar-refractivity contribution is 5.99. The van der Waals surface area contributed by atoms with E-state index in [2.05, 4.69) is 20.6 Å². The lowest BCUT2D eigenvalue weighted by Gasteiger charge is -2.24. The van der Waals surface area contributed by atoms with Crippen LogP contribution in [-0.4, -0.2) is 48.3 Å². The van der Waals surface area contributed by atoms with Crippen LogP contribution < -0.4 is 21.1 Å². The zero-order chi connectivity index (χ0) is 24.0. The van der Waals surface area contributed by atoms with Crippen molar-refractivity contribution in [3.63, 3.8) is 0 Å². The van der Waals surface area contributed by atoms with Gasteiger partial charge in [0, 0.05) is 34.8 Å². The second kappa shape index (κ2) is 8.56. The number of carbonyl (C=O) groups is 1. The summed E-state index contributed by atoms with van der Waals surface area (Å²) in [6.07, 6.45) is 0.314. The number of nitrogens with two attached hydrogens (primary N) is 1. The third-order valence-electron chi connectivity index (χ3n) is 6.06. The van der Waals surface area contributed by atoms with E-state index in [0.29, 0.717) is 40.8 Å². The number of halogens is 2. The molecular formula is C23H23F2N5O4. The number of nitrogen functional groups attached to an aromatic ring is 1. The number of hydrogen-bond acceptors (Lipinski definition) is 8. The SMILES string of the molecule is Cc1c(-c2cc3cc(NC(=O)O[C@H]4COC[C@@H]4C)ncc3c(N)c2F)cnc2c1NC[C@H](F)O2. The molecule has 4 N–H and O–H groups in total. The minimum atomic E-state index is -1.51. The molecule has 0 unspecified atom stereocenters. The largest absolute Gasteiger partial charge is 0.443 e. The number of carbonyl (C=O) groups excluding carboxylic acids is 1. The Hall–Kier alpha value is -3.73. The van der Waals surface area contributed by atoms with Crippen LogP contribution in [0.3, 0.4) is 0 Å². The van der Waals surface area contributed by atoms with Crippen molar-refractivity contribution in [2.75, 3.05) is 36.1 Å². The first-order valence-electron chi connectivity index (χ1n) is 10.8. The molecule has 1 saturated heterocycles. The van der Waals surface area contributed by atoms with Crippen molar-refractivity contribution in [2.24, 2.45) is 5.92 Å². The molecule has 1 amide bonds. The summed E-state index contributed by atoms with van der Waals surface area (Å²) in [7, 11) is 0. The average molecular weight is 471 g/mol. The number of pyridine rings is 2. The molecule has 0 radical (unpaired) electrons. The van der Waals surface area contributed by atoms with Gasteiger partial charge < -0.3 is 25.3 Å². The van der Waals surface area contributed by atoms with E-state index in [1.165, 1.54) is 12.4 Å². The molecule has 2 aromatic heterocycles. The fraction of sp³-hybridized carbons (Fsp3) is 0.348. The Balaban J connectivity index is 1.48. The molecule has 4 heterocycles. The fourth-order valence-electron chi connectivity index (χ4n) is 4.12. The van der Waals surface area contributed by atoms with Gasteiger partial charge in [0.05, 0.1) is 25.4 Å². The predicted molar refractivity (Wildman–Crippen MR) is 122 cm³/mol. The van der Waals surface area contributed by atoms with E-state index in [1.54, 1.807) is 19.1 Å². The molecule has 0 saturated carbocycles. The standard InChI is InChI=1S/C23H23F2N5O4/c1-10-8-32-9-16(10)33-23(31)30-18-4-12-3-13(19(25)20(26)15(12)6-27-18)14-5-29-22-21(11(14)2)28-7-17(24)34-22/h3-6,10,16-17,28H,7-9,26H2,1-2H3,(H,27,30,31)/t10-,16-,17+/m0/s1. The summed E-state index contributed by atoms with van der Waals surface area (Å²) in [4.78, 5) is 20.6. The quantitative estimate of drug-likeness (QED) is 0.490. The van der Waals surface area contributed by atoms with E-state index >= 15 is 4.39 Å². The van der Waals surface area contributed by atoms with Crippen molar-refractivity contribution in [1.82, 2.24) is 9.97 Å². The second-order valence-electron chi connectivity index (χ2n) is 8.41. The van der Waals surface area contributed by atoms with Crippen molar-refractivity contribution in [3.05, 3.63) is 35.9 Å². The molecule has 9 nitrogen and oxygen atoms in total. The van der Waals surface area contributed by atoms with Crippen LogP contribution in [0, 0.1) is 18.7 Å². The molecule has 1 aromatic carbocycles. The Morgan fingerprint density at radius 1 is 1.26 bits per heavy atom. The number of anilines is 3. The Morgan fingerprint density at radius 2 is 2.09 bits per heavy atom. The van der Waals surface area contributed by atoms with E-state index in [4.69, 9.17) is 19.9 Å². The van der Waals surface area contributed by atoms with Crippen LogP contribution in [-0.2, 0) is 9.47 Å². The fourth-order valence-corrected chi connectivity index (χ4v) is 4.12. The monoisotopic (exact) mass is 471 g/mol.